The number of benzene rings is 1. The Hall–Kier alpha value is -0.930. The summed E-state index contributed by atoms with van der Waals surface area (Å²) >= 11 is 5.69. The third-order valence-corrected chi connectivity index (χ3v) is 5.13. The van der Waals surface area contributed by atoms with Crippen molar-refractivity contribution >= 4 is 17.4 Å². The third kappa shape index (κ3) is 3.46. The van der Waals surface area contributed by atoms with Crippen LogP contribution in [0.1, 0.15) is 38.2 Å². The zero-order chi connectivity index (χ0) is 15.6. The number of ketones is 1. The van der Waals surface area contributed by atoms with Gasteiger partial charge < -0.3 is 0 Å². The average Bonchev–Trinajstić information content (AvgIpc) is 2.43. The minimum Gasteiger partial charge on any atom is -0.297 e. The van der Waals surface area contributed by atoms with E-state index in [-0.39, 0.29) is 17.2 Å². The first-order chi connectivity index (χ1) is 9.85. The number of carbonyl (C=O) groups excluding carboxylic acids is 1. The van der Waals surface area contributed by atoms with Crippen LogP contribution in [0.25, 0.3) is 0 Å². The SMILES string of the molecule is CC1CCC(C(=O)Cc2ccc(Cl)c(F)c2)(N(C)C)CC1. The molecular formula is C17H23ClFNO. The van der Waals surface area contributed by atoms with Crippen LogP contribution in [-0.4, -0.2) is 30.3 Å². The Morgan fingerprint density at radius 3 is 2.52 bits per heavy atom. The Balaban J connectivity index is 2.17. The Morgan fingerprint density at radius 1 is 1.38 bits per heavy atom. The fourth-order valence-electron chi connectivity index (χ4n) is 3.21. The summed E-state index contributed by atoms with van der Waals surface area (Å²) in [4.78, 5) is 14.9. The molecule has 1 aromatic rings. The van der Waals surface area contributed by atoms with E-state index in [9.17, 15) is 9.18 Å². The monoisotopic (exact) mass is 311 g/mol. The van der Waals surface area contributed by atoms with E-state index in [4.69, 9.17) is 11.6 Å². The van der Waals surface area contributed by atoms with Crippen molar-refractivity contribution in [2.45, 2.75) is 44.6 Å². The van der Waals surface area contributed by atoms with Crippen LogP contribution < -0.4 is 0 Å². The lowest BCUT2D eigenvalue weighted by Gasteiger charge is -2.43. The summed E-state index contributed by atoms with van der Waals surface area (Å²) in [7, 11) is 3.94. The lowest BCUT2D eigenvalue weighted by Crippen LogP contribution is -2.53. The third-order valence-electron chi connectivity index (χ3n) is 4.83. The van der Waals surface area contributed by atoms with Crippen LogP contribution in [0.2, 0.25) is 5.02 Å². The van der Waals surface area contributed by atoms with Crippen LogP contribution in [-0.2, 0) is 11.2 Å². The summed E-state index contributed by atoms with van der Waals surface area (Å²) in [5.41, 5.74) is 0.296. The van der Waals surface area contributed by atoms with Crippen LogP contribution in [0.5, 0.6) is 0 Å². The molecular weight excluding hydrogens is 289 g/mol. The molecule has 0 bridgehead atoms. The number of hydrogen-bond donors (Lipinski definition) is 0. The smallest absolute Gasteiger partial charge is 0.157 e. The second-order valence-electron chi connectivity index (χ2n) is 6.46. The molecule has 0 unspecified atom stereocenters. The first-order valence-corrected chi connectivity index (χ1v) is 7.87. The standard InChI is InChI=1S/C17H23ClFNO/c1-12-6-8-17(9-7-12,20(2)3)16(21)11-13-4-5-14(18)15(19)10-13/h4-5,10,12H,6-9,11H2,1-3H3. The van der Waals surface area contributed by atoms with E-state index in [2.05, 4.69) is 6.92 Å². The van der Waals surface area contributed by atoms with Crippen LogP contribution in [0, 0.1) is 11.7 Å². The molecule has 2 rings (SSSR count). The molecule has 4 heteroatoms. The lowest BCUT2D eigenvalue weighted by atomic mass is 9.72. The van der Waals surface area contributed by atoms with E-state index in [1.54, 1.807) is 6.07 Å². The molecule has 0 aliphatic heterocycles. The normalized spacial score (nSPS) is 26.1. The topological polar surface area (TPSA) is 20.3 Å². The van der Waals surface area contributed by atoms with Gasteiger partial charge in [0.1, 0.15) is 5.82 Å². The van der Waals surface area contributed by atoms with E-state index >= 15 is 0 Å². The molecule has 21 heavy (non-hydrogen) atoms. The maximum atomic E-state index is 13.5. The molecule has 0 spiro atoms. The quantitative estimate of drug-likeness (QED) is 0.834. The van der Waals surface area contributed by atoms with Gasteiger partial charge in [0.15, 0.2) is 5.78 Å². The Morgan fingerprint density at radius 2 is 2.00 bits per heavy atom. The van der Waals surface area contributed by atoms with E-state index < -0.39 is 11.4 Å². The van der Waals surface area contributed by atoms with Crippen LogP contribution in [0.3, 0.4) is 0 Å². The van der Waals surface area contributed by atoms with Crippen molar-refractivity contribution in [1.82, 2.24) is 4.90 Å². The van der Waals surface area contributed by atoms with Crippen molar-refractivity contribution in [2.24, 2.45) is 5.92 Å². The van der Waals surface area contributed by atoms with Gasteiger partial charge in [-0.25, -0.2) is 4.39 Å². The second-order valence-corrected chi connectivity index (χ2v) is 6.86. The van der Waals surface area contributed by atoms with Gasteiger partial charge in [-0.15, -0.1) is 0 Å². The highest BCUT2D eigenvalue weighted by atomic mass is 35.5. The van der Waals surface area contributed by atoms with E-state index in [1.165, 1.54) is 12.1 Å². The molecule has 0 aromatic heterocycles. The second kappa shape index (κ2) is 6.45. The lowest BCUT2D eigenvalue weighted by molar-refractivity contribution is -0.131. The van der Waals surface area contributed by atoms with Crippen molar-refractivity contribution in [3.63, 3.8) is 0 Å². The molecule has 0 radical (unpaired) electrons. The van der Waals surface area contributed by atoms with Crippen LogP contribution >= 0.6 is 11.6 Å². The molecule has 2 nitrogen and oxygen atoms in total. The summed E-state index contributed by atoms with van der Waals surface area (Å²) in [5, 5.41) is 0.0972. The van der Waals surface area contributed by atoms with Gasteiger partial charge in [0.25, 0.3) is 0 Å². The molecule has 0 heterocycles. The molecule has 1 saturated carbocycles. The Labute approximate surface area is 131 Å². The summed E-state index contributed by atoms with van der Waals surface area (Å²) in [6.07, 6.45) is 4.17. The summed E-state index contributed by atoms with van der Waals surface area (Å²) < 4.78 is 13.5. The number of hydrogen-bond acceptors (Lipinski definition) is 2. The molecule has 0 amide bonds. The molecule has 0 saturated heterocycles. The summed E-state index contributed by atoms with van der Waals surface area (Å²) in [6, 6.07) is 4.62. The minimum absolute atomic E-state index is 0.0972. The maximum absolute atomic E-state index is 13.5. The van der Waals surface area contributed by atoms with Gasteiger partial charge >= 0.3 is 0 Å². The highest BCUT2D eigenvalue weighted by Crippen LogP contribution is 2.36. The summed E-state index contributed by atoms with van der Waals surface area (Å²) in [6.45, 7) is 2.23. The molecule has 1 aromatic carbocycles. The average molecular weight is 312 g/mol. The van der Waals surface area contributed by atoms with Crippen molar-refractivity contribution in [2.75, 3.05) is 14.1 Å². The van der Waals surface area contributed by atoms with Gasteiger partial charge in [-0.05, 0) is 63.4 Å². The van der Waals surface area contributed by atoms with Gasteiger partial charge in [-0.2, -0.15) is 0 Å². The molecule has 1 aliphatic carbocycles. The van der Waals surface area contributed by atoms with Crippen molar-refractivity contribution < 1.29 is 9.18 Å². The highest BCUT2D eigenvalue weighted by Gasteiger charge is 2.42. The fourth-order valence-corrected chi connectivity index (χ4v) is 3.33. The van der Waals surface area contributed by atoms with E-state index in [0.29, 0.717) is 11.5 Å². The molecule has 0 N–H and O–H groups in total. The van der Waals surface area contributed by atoms with Crippen molar-refractivity contribution in [3.8, 4) is 0 Å². The number of rotatable bonds is 4. The van der Waals surface area contributed by atoms with E-state index in [0.717, 1.165) is 25.7 Å². The molecule has 1 fully saturated rings. The number of likely N-dealkylation sites (N-methyl/N-ethyl adjacent to an activating group) is 1. The first kappa shape index (κ1) is 16.4. The predicted octanol–water partition coefficient (Wildman–Crippen LogP) is 4.10. The minimum atomic E-state index is -0.460. The van der Waals surface area contributed by atoms with Crippen LogP contribution in [0.4, 0.5) is 4.39 Å². The van der Waals surface area contributed by atoms with Crippen molar-refractivity contribution in [1.29, 1.82) is 0 Å². The number of carbonyl (C=O) groups is 1. The largest absolute Gasteiger partial charge is 0.297 e. The van der Waals surface area contributed by atoms with E-state index in [1.807, 2.05) is 19.0 Å². The zero-order valence-electron chi connectivity index (χ0n) is 13.0. The van der Waals surface area contributed by atoms with Gasteiger partial charge in [-0.3, -0.25) is 9.69 Å². The predicted molar refractivity (Wildman–Crippen MR) is 84.2 cm³/mol. The number of halogens is 2. The fraction of sp³-hybridized carbons (Fsp3) is 0.588. The number of nitrogens with zero attached hydrogens (tertiary/aromatic N) is 1. The van der Waals surface area contributed by atoms with Gasteiger partial charge in [-0.1, -0.05) is 24.6 Å². The van der Waals surface area contributed by atoms with Gasteiger partial charge in [0.05, 0.1) is 10.6 Å². The Bertz CT molecular complexity index is 522. The van der Waals surface area contributed by atoms with Gasteiger partial charge in [0, 0.05) is 6.42 Å². The molecule has 116 valence electrons. The molecule has 1 aliphatic rings. The summed E-state index contributed by atoms with van der Waals surface area (Å²) in [5.74, 6) is 0.401. The molecule has 0 atom stereocenters. The maximum Gasteiger partial charge on any atom is 0.157 e. The van der Waals surface area contributed by atoms with Crippen molar-refractivity contribution in [3.05, 3.63) is 34.6 Å². The van der Waals surface area contributed by atoms with Crippen LogP contribution in [0.15, 0.2) is 18.2 Å². The highest BCUT2D eigenvalue weighted by molar-refractivity contribution is 6.30. The number of Topliss-reactive ketones (excluding diaryl/α,β-unsaturated/α-hetero) is 1. The van der Waals surface area contributed by atoms with Gasteiger partial charge in [0.2, 0.25) is 0 Å². The first-order valence-electron chi connectivity index (χ1n) is 7.50. The Kier molecular flexibility index (Phi) is 5.05. The zero-order valence-corrected chi connectivity index (χ0v) is 13.7.